The molecule has 0 fully saturated rings. The lowest BCUT2D eigenvalue weighted by Crippen LogP contribution is -2.17. The van der Waals surface area contributed by atoms with Gasteiger partial charge in [0.2, 0.25) is 0 Å². The van der Waals surface area contributed by atoms with Gasteiger partial charge >= 0.3 is 0 Å². The van der Waals surface area contributed by atoms with E-state index in [1.54, 1.807) is 18.2 Å². The van der Waals surface area contributed by atoms with Crippen molar-refractivity contribution >= 4 is 45.0 Å². The number of nitrogens with two attached hydrogens (primary N) is 1. The van der Waals surface area contributed by atoms with Gasteiger partial charge in [-0.3, -0.25) is 4.79 Å². The van der Waals surface area contributed by atoms with Crippen LogP contribution in [-0.4, -0.2) is 21.9 Å². The number of hydrogen-bond acceptors (Lipinski definition) is 4. The molecule has 0 saturated heterocycles. The maximum Gasteiger partial charge on any atom is 0.275 e. The number of hydrogen-bond donors (Lipinski definition) is 3. The zero-order valence-electron chi connectivity index (χ0n) is 10.5. The van der Waals surface area contributed by atoms with Crippen LogP contribution in [-0.2, 0) is 0 Å². The Morgan fingerprint density at radius 3 is 2.86 bits per heavy atom. The van der Waals surface area contributed by atoms with Crippen LogP contribution in [0.25, 0.3) is 0 Å². The quantitative estimate of drug-likeness (QED) is 0.335. The van der Waals surface area contributed by atoms with Crippen LogP contribution >= 0.6 is 27.5 Å². The van der Waals surface area contributed by atoms with Gasteiger partial charge in [0.1, 0.15) is 5.69 Å². The number of pyridine rings is 1. The molecule has 8 heteroatoms. The number of aromatic nitrogens is 1. The summed E-state index contributed by atoms with van der Waals surface area (Å²) >= 11 is 9.27. The summed E-state index contributed by atoms with van der Waals surface area (Å²) in [5, 5.41) is 14.5. The Morgan fingerprint density at radius 2 is 2.19 bits per heavy atom. The van der Waals surface area contributed by atoms with E-state index in [1.165, 1.54) is 18.3 Å². The summed E-state index contributed by atoms with van der Waals surface area (Å²) in [7, 11) is 0. The molecule has 108 valence electrons. The Morgan fingerprint density at radius 1 is 1.43 bits per heavy atom. The molecule has 0 unspecified atom stereocenters. The van der Waals surface area contributed by atoms with Crippen molar-refractivity contribution in [2.75, 3.05) is 5.32 Å². The van der Waals surface area contributed by atoms with E-state index in [-0.39, 0.29) is 11.5 Å². The summed E-state index contributed by atoms with van der Waals surface area (Å²) < 4.78 is 0.561. The molecule has 0 aliphatic carbocycles. The maximum absolute atomic E-state index is 12.2. The molecule has 0 spiro atoms. The van der Waals surface area contributed by atoms with Gasteiger partial charge in [0.15, 0.2) is 5.84 Å². The van der Waals surface area contributed by atoms with E-state index in [9.17, 15) is 4.79 Å². The summed E-state index contributed by atoms with van der Waals surface area (Å²) in [6.45, 7) is 0. The molecule has 1 amide bonds. The number of nitrogens with one attached hydrogen (secondary N) is 1. The lowest BCUT2D eigenvalue weighted by Gasteiger charge is -2.09. The molecule has 0 aliphatic heterocycles. The summed E-state index contributed by atoms with van der Waals surface area (Å²) in [4.78, 5) is 16.2. The van der Waals surface area contributed by atoms with Gasteiger partial charge in [-0.25, -0.2) is 4.98 Å². The molecule has 0 saturated carbocycles. The molecule has 4 N–H and O–H groups in total. The second-order valence-corrected chi connectivity index (χ2v) is 5.23. The fourth-order valence-corrected chi connectivity index (χ4v) is 2.17. The van der Waals surface area contributed by atoms with Gasteiger partial charge < -0.3 is 16.3 Å². The average molecular weight is 370 g/mol. The zero-order valence-corrected chi connectivity index (χ0v) is 12.9. The Balaban J connectivity index is 2.31. The molecular formula is C13H10BrClN4O2. The molecule has 2 rings (SSSR count). The van der Waals surface area contributed by atoms with Gasteiger partial charge in [-0.1, -0.05) is 16.8 Å². The highest BCUT2D eigenvalue weighted by Gasteiger charge is 2.14. The van der Waals surface area contributed by atoms with Crippen LogP contribution < -0.4 is 11.1 Å². The van der Waals surface area contributed by atoms with Crippen molar-refractivity contribution in [3.8, 4) is 0 Å². The molecular weight excluding hydrogens is 360 g/mol. The van der Waals surface area contributed by atoms with Crippen molar-refractivity contribution in [1.29, 1.82) is 0 Å². The van der Waals surface area contributed by atoms with Gasteiger partial charge in [-0.05, 0) is 46.3 Å². The summed E-state index contributed by atoms with van der Waals surface area (Å²) in [5.74, 6) is -0.512. The number of rotatable bonds is 3. The van der Waals surface area contributed by atoms with Crippen LogP contribution in [0.2, 0.25) is 5.02 Å². The number of nitrogens with zero attached hydrogens (tertiary/aromatic N) is 2. The Bertz CT molecular complexity index is 721. The predicted molar refractivity (Wildman–Crippen MR) is 83.9 cm³/mol. The standard InChI is InChI=1S/C13H10BrClN4O2/c14-8-2-1-5-17-11(8)13(20)18-10-6-7(12(16)19-21)3-4-9(10)15/h1-6,21H,(H2,16,19)(H,18,20). The van der Waals surface area contributed by atoms with Crippen LogP contribution in [0, 0.1) is 0 Å². The van der Waals surface area contributed by atoms with Crippen molar-refractivity contribution in [2.24, 2.45) is 10.9 Å². The van der Waals surface area contributed by atoms with E-state index < -0.39 is 5.91 Å². The average Bonchev–Trinajstić information content (AvgIpc) is 2.49. The molecule has 1 aromatic carbocycles. The first-order valence-corrected chi connectivity index (χ1v) is 6.89. The minimum Gasteiger partial charge on any atom is -0.409 e. The SMILES string of the molecule is N/C(=N/O)c1ccc(Cl)c(NC(=O)c2ncccc2Br)c1. The molecule has 0 aliphatic rings. The van der Waals surface area contributed by atoms with Crippen molar-refractivity contribution in [1.82, 2.24) is 4.98 Å². The zero-order chi connectivity index (χ0) is 15.4. The lowest BCUT2D eigenvalue weighted by atomic mass is 10.2. The number of amides is 1. The number of carbonyl (C=O) groups excluding carboxylic acids is 1. The van der Waals surface area contributed by atoms with Crippen LogP contribution in [0.4, 0.5) is 5.69 Å². The van der Waals surface area contributed by atoms with Crippen molar-refractivity contribution in [3.05, 3.63) is 57.3 Å². The third-order valence-corrected chi connectivity index (χ3v) is 3.56. The van der Waals surface area contributed by atoms with Crippen molar-refractivity contribution in [2.45, 2.75) is 0 Å². The molecule has 0 radical (unpaired) electrons. The number of oxime groups is 1. The number of halogens is 2. The Hall–Kier alpha value is -2.12. The topological polar surface area (TPSA) is 101 Å². The largest absolute Gasteiger partial charge is 0.409 e. The second-order valence-electron chi connectivity index (χ2n) is 3.97. The summed E-state index contributed by atoms with van der Waals surface area (Å²) in [5.41, 5.74) is 6.49. The number of benzene rings is 1. The monoisotopic (exact) mass is 368 g/mol. The first-order chi connectivity index (χ1) is 10.0. The highest BCUT2D eigenvalue weighted by Crippen LogP contribution is 2.24. The van der Waals surface area contributed by atoms with E-state index in [1.807, 2.05) is 0 Å². The smallest absolute Gasteiger partial charge is 0.275 e. The first kappa shape index (κ1) is 15.3. The fraction of sp³-hybridized carbons (Fsp3) is 0. The molecule has 1 heterocycles. The van der Waals surface area contributed by atoms with Gasteiger partial charge in [0.05, 0.1) is 10.7 Å². The van der Waals surface area contributed by atoms with Crippen LogP contribution in [0.1, 0.15) is 16.1 Å². The van der Waals surface area contributed by atoms with Crippen LogP contribution in [0.3, 0.4) is 0 Å². The second kappa shape index (κ2) is 6.55. The third-order valence-electron chi connectivity index (χ3n) is 2.59. The van der Waals surface area contributed by atoms with Crippen molar-refractivity contribution in [3.63, 3.8) is 0 Å². The number of carbonyl (C=O) groups is 1. The van der Waals surface area contributed by atoms with Gasteiger partial charge in [0, 0.05) is 16.2 Å². The lowest BCUT2D eigenvalue weighted by molar-refractivity contribution is 0.102. The molecule has 2 aromatic rings. The molecule has 6 nitrogen and oxygen atoms in total. The van der Waals surface area contributed by atoms with E-state index in [0.29, 0.717) is 20.7 Å². The van der Waals surface area contributed by atoms with E-state index in [4.69, 9.17) is 22.5 Å². The molecule has 1 aromatic heterocycles. The Labute approximate surface area is 133 Å². The number of anilines is 1. The third kappa shape index (κ3) is 3.50. The Kier molecular flexibility index (Phi) is 4.77. The maximum atomic E-state index is 12.2. The minimum atomic E-state index is -0.430. The molecule has 21 heavy (non-hydrogen) atoms. The first-order valence-electron chi connectivity index (χ1n) is 5.72. The summed E-state index contributed by atoms with van der Waals surface area (Å²) in [6.07, 6.45) is 1.51. The number of amidine groups is 1. The van der Waals surface area contributed by atoms with E-state index >= 15 is 0 Å². The van der Waals surface area contributed by atoms with E-state index in [2.05, 4.69) is 31.4 Å². The fourth-order valence-electron chi connectivity index (χ4n) is 1.57. The van der Waals surface area contributed by atoms with Crippen LogP contribution in [0.15, 0.2) is 46.2 Å². The van der Waals surface area contributed by atoms with Crippen LogP contribution in [0.5, 0.6) is 0 Å². The van der Waals surface area contributed by atoms with Gasteiger partial charge in [-0.15, -0.1) is 0 Å². The van der Waals surface area contributed by atoms with Gasteiger partial charge in [0.25, 0.3) is 5.91 Å². The molecule has 0 bridgehead atoms. The van der Waals surface area contributed by atoms with E-state index in [0.717, 1.165) is 0 Å². The highest BCUT2D eigenvalue weighted by atomic mass is 79.9. The highest BCUT2D eigenvalue weighted by molar-refractivity contribution is 9.10. The minimum absolute atomic E-state index is 0.0822. The predicted octanol–water partition coefficient (Wildman–Crippen LogP) is 2.84. The normalized spacial score (nSPS) is 11.2. The van der Waals surface area contributed by atoms with Gasteiger partial charge in [-0.2, -0.15) is 0 Å². The summed E-state index contributed by atoms with van der Waals surface area (Å²) in [6, 6.07) is 8.02. The van der Waals surface area contributed by atoms with Crippen molar-refractivity contribution < 1.29 is 10.0 Å². The molecule has 0 atom stereocenters.